The van der Waals surface area contributed by atoms with Gasteiger partial charge in [-0.15, -0.1) is 0 Å². The van der Waals surface area contributed by atoms with Crippen LogP contribution in [0.1, 0.15) is 22.2 Å². The van der Waals surface area contributed by atoms with E-state index in [1.165, 1.54) is 0 Å². The molecule has 0 radical (unpaired) electrons. The summed E-state index contributed by atoms with van der Waals surface area (Å²) in [7, 11) is 1.65. The maximum absolute atomic E-state index is 12.3. The molecule has 0 aliphatic carbocycles. The minimum Gasteiger partial charge on any atom is -0.497 e. The van der Waals surface area contributed by atoms with Crippen LogP contribution in [-0.4, -0.2) is 50.8 Å². The van der Waals surface area contributed by atoms with Crippen LogP contribution < -0.4 is 10.1 Å². The molecule has 0 unspecified atom stereocenters. The van der Waals surface area contributed by atoms with E-state index in [1.54, 1.807) is 19.2 Å². The van der Waals surface area contributed by atoms with E-state index in [9.17, 15) is 4.79 Å². The molecule has 1 aromatic carbocycles. The fraction of sp³-hybridized carbons (Fsp3) is 0.389. The maximum atomic E-state index is 12.3. The van der Waals surface area contributed by atoms with Gasteiger partial charge in [-0.1, -0.05) is 12.1 Å². The molecular weight excluding hydrogens is 388 g/mol. The van der Waals surface area contributed by atoms with Crippen LogP contribution in [0.3, 0.4) is 0 Å². The van der Waals surface area contributed by atoms with Crippen molar-refractivity contribution in [3.8, 4) is 5.75 Å². The average Bonchev–Trinajstić information content (AvgIpc) is 3.09. The van der Waals surface area contributed by atoms with Gasteiger partial charge in [-0.2, -0.15) is 0 Å². The Bertz CT molecular complexity index is 713. The number of halogens is 1. The van der Waals surface area contributed by atoms with E-state index in [2.05, 4.69) is 32.2 Å². The lowest BCUT2D eigenvalue weighted by Gasteiger charge is -2.35. The van der Waals surface area contributed by atoms with Crippen molar-refractivity contribution in [2.45, 2.75) is 6.04 Å². The monoisotopic (exact) mass is 408 g/mol. The van der Waals surface area contributed by atoms with Gasteiger partial charge in [0.15, 0.2) is 10.4 Å². The van der Waals surface area contributed by atoms with Crippen molar-refractivity contribution >= 4 is 21.8 Å². The number of furan rings is 1. The van der Waals surface area contributed by atoms with Gasteiger partial charge in [0.05, 0.1) is 26.4 Å². The molecule has 1 aromatic heterocycles. The van der Waals surface area contributed by atoms with Crippen molar-refractivity contribution in [1.29, 1.82) is 0 Å². The van der Waals surface area contributed by atoms with Crippen LogP contribution in [0.5, 0.6) is 5.75 Å². The molecule has 6 nitrogen and oxygen atoms in total. The molecule has 1 saturated heterocycles. The summed E-state index contributed by atoms with van der Waals surface area (Å²) >= 11 is 3.21. The minimum atomic E-state index is -0.230. The smallest absolute Gasteiger partial charge is 0.287 e. The number of rotatable bonds is 6. The molecule has 3 rings (SSSR count). The van der Waals surface area contributed by atoms with Crippen molar-refractivity contribution in [2.75, 3.05) is 40.0 Å². The summed E-state index contributed by atoms with van der Waals surface area (Å²) in [6.07, 6.45) is 0. The third kappa shape index (κ3) is 4.62. The number of nitrogens with one attached hydrogen (secondary N) is 1. The molecule has 0 bridgehead atoms. The fourth-order valence-electron chi connectivity index (χ4n) is 2.91. The minimum absolute atomic E-state index is 0.0429. The molecular formula is C18H21BrN2O4. The summed E-state index contributed by atoms with van der Waals surface area (Å²) in [5.74, 6) is 0.863. The zero-order valence-electron chi connectivity index (χ0n) is 14.0. The zero-order valence-corrected chi connectivity index (χ0v) is 15.6. The van der Waals surface area contributed by atoms with Gasteiger partial charge in [0, 0.05) is 19.6 Å². The Morgan fingerprint density at radius 1 is 1.32 bits per heavy atom. The Labute approximate surface area is 155 Å². The van der Waals surface area contributed by atoms with Crippen LogP contribution in [0.2, 0.25) is 0 Å². The van der Waals surface area contributed by atoms with Crippen LogP contribution in [0.25, 0.3) is 0 Å². The van der Waals surface area contributed by atoms with Gasteiger partial charge in [-0.25, -0.2) is 0 Å². The van der Waals surface area contributed by atoms with Crippen molar-refractivity contribution in [3.05, 3.63) is 52.4 Å². The average molecular weight is 409 g/mol. The number of hydrogen-bond acceptors (Lipinski definition) is 5. The molecule has 25 heavy (non-hydrogen) atoms. The van der Waals surface area contributed by atoms with Gasteiger partial charge in [0.1, 0.15) is 5.75 Å². The van der Waals surface area contributed by atoms with E-state index in [1.807, 2.05) is 18.2 Å². The maximum Gasteiger partial charge on any atom is 0.287 e. The lowest BCUT2D eigenvalue weighted by molar-refractivity contribution is 0.0161. The largest absolute Gasteiger partial charge is 0.497 e. The number of amides is 1. The highest BCUT2D eigenvalue weighted by molar-refractivity contribution is 9.10. The summed E-state index contributed by atoms with van der Waals surface area (Å²) < 4.78 is 16.6. The van der Waals surface area contributed by atoms with Crippen LogP contribution in [0.15, 0.2) is 45.5 Å². The van der Waals surface area contributed by atoms with Gasteiger partial charge in [0.25, 0.3) is 5.91 Å². The molecule has 1 amide bonds. The van der Waals surface area contributed by atoms with E-state index in [4.69, 9.17) is 13.9 Å². The third-order valence-corrected chi connectivity index (χ3v) is 4.64. The molecule has 0 saturated carbocycles. The lowest BCUT2D eigenvalue weighted by Crippen LogP contribution is -2.43. The van der Waals surface area contributed by atoms with Crippen molar-refractivity contribution < 1.29 is 18.7 Å². The summed E-state index contributed by atoms with van der Waals surface area (Å²) in [5.41, 5.74) is 1.10. The Morgan fingerprint density at radius 3 is 2.80 bits per heavy atom. The molecule has 1 fully saturated rings. The second-order valence-electron chi connectivity index (χ2n) is 5.75. The number of carbonyl (C=O) groups is 1. The second kappa shape index (κ2) is 8.51. The van der Waals surface area contributed by atoms with Crippen LogP contribution in [0, 0.1) is 0 Å². The summed E-state index contributed by atoms with van der Waals surface area (Å²) in [6.45, 7) is 3.51. The Kier molecular flexibility index (Phi) is 6.12. The first kappa shape index (κ1) is 18.0. The van der Waals surface area contributed by atoms with Crippen molar-refractivity contribution in [1.82, 2.24) is 10.2 Å². The molecule has 1 atom stereocenters. The van der Waals surface area contributed by atoms with Gasteiger partial charge in [0.2, 0.25) is 0 Å². The van der Waals surface area contributed by atoms with Crippen LogP contribution >= 0.6 is 15.9 Å². The van der Waals surface area contributed by atoms with Crippen LogP contribution in [-0.2, 0) is 4.74 Å². The first-order chi connectivity index (χ1) is 12.2. The van der Waals surface area contributed by atoms with Gasteiger partial charge in [-0.3, -0.25) is 9.69 Å². The number of ether oxygens (including phenoxy) is 2. The quantitative estimate of drug-likeness (QED) is 0.795. The van der Waals surface area contributed by atoms with Crippen molar-refractivity contribution in [3.63, 3.8) is 0 Å². The standard InChI is InChI=1S/C18H21BrN2O4/c1-23-14-4-2-3-13(11-14)15(21-7-9-24-10-8-21)12-20-18(22)16-5-6-17(19)25-16/h2-6,11,15H,7-10,12H2,1H3,(H,20,22)/t15-/m0/s1. The number of nitrogens with zero attached hydrogens (tertiary/aromatic N) is 1. The number of methoxy groups -OCH3 is 1. The van der Waals surface area contributed by atoms with Crippen LogP contribution in [0.4, 0.5) is 0 Å². The zero-order chi connectivity index (χ0) is 17.6. The second-order valence-corrected chi connectivity index (χ2v) is 6.54. The lowest BCUT2D eigenvalue weighted by atomic mass is 10.0. The first-order valence-electron chi connectivity index (χ1n) is 8.16. The predicted molar refractivity (Wildman–Crippen MR) is 96.9 cm³/mol. The summed E-state index contributed by atoms with van der Waals surface area (Å²) in [6, 6.07) is 11.3. The molecule has 1 aliphatic heterocycles. The van der Waals surface area contributed by atoms with E-state index < -0.39 is 0 Å². The van der Waals surface area contributed by atoms with Gasteiger partial charge < -0.3 is 19.2 Å². The number of benzene rings is 1. The number of carbonyl (C=O) groups excluding carboxylic acids is 1. The Balaban J connectivity index is 1.74. The highest BCUT2D eigenvalue weighted by Gasteiger charge is 2.24. The first-order valence-corrected chi connectivity index (χ1v) is 8.96. The molecule has 2 aromatic rings. The highest BCUT2D eigenvalue weighted by Crippen LogP contribution is 2.25. The van der Waals surface area contributed by atoms with E-state index >= 15 is 0 Å². The van der Waals surface area contributed by atoms with E-state index in [0.717, 1.165) is 24.4 Å². The summed E-state index contributed by atoms with van der Waals surface area (Å²) in [4.78, 5) is 14.6. The van der Waals surface area contributed by atoms with Gasteiger partial charge >= 0.3 is 0 Å². The molecule has 1 aliphatic rings. The predicted octanol–water partition coefficient (Wildman–Crippen LogP) is 2.85. The topological polar surface area (TPSA) is 63.9 Å². The Morgan fingerprint density at radius 2 is 2.12 bits per heavy atom. The molecule has 2 heterocycles. The molecule has 134 valence electrons. The summed E-state index contributed by atoms with van der Waals surface area (Å²) in [5, 5.41) is 2.97. The normalized spacial score (nSPS) is 16.4. The van der Waals surface area contributed by atoms with Crippen molar-refractivity contribution in [2.24, 2.45) is 0 Å². The SMILES string of the molecule is COc1cccc([C@H](CNC(=O)c2ccc(Br)o2)N2CCOCC2)c1. The number of morpholine rings is 1. The van der Waals surface area contributed by atoms with Gasteiger partial charge in [-0.05, 0) is 45.8 Å². The van der Waals surface area contributed by atoms with E-state index in [-0.39, 0.29) is 11.9 Å². The molecule has 7 heteroatoms. The van der Waals surface area contributed by atoms with E-state index in [0.29, 0.717) is 30.2 Å². The third-order valence-electron chi connectivity index (χ3n) is 4.22. The highest BCUT2D eigenvalue weighted by atomic mass is 79.9. The molecule has 1 N–H and O–H groups in total. The number of hydrogen-bond donors (Lipinski definition) is 1. The molecule has 0 spiro atoms. The Hall–Kier alpha value is -1.83. The fourth-order valence-corrected chi connectivity index (χ4v) is 3.22.